The number of nitrogens with zero attached hydrogens (tertiary/aromatic N) is 2. The molecule has 5 nitrogen and oxygen atoms in total. The topological polar surface area (TPSA) is 56.1 Å². The summed E-state index contributed by atoms with van der Waals surface area (Å²) in [5.74, 6) is 0.763. The molecule has 1 aromatic heterocycles. The van der Waals surface area contributed by atoms with E-state index in [0.717, 1.165) is 22.6 Å². The summed E-state index contributed by atoms with van der Waals surface area (Å²) in [4.78, 5) is 12.1. The molecule has 2 rings (SSSR count). The Hall–Kier alpha value is -2.30. The van der Waals surface area contributed by atoms with Crippen LogP contribution in [0.3, 0.4) is 0 Å². The molecule has 0 atom stereocenters. The Morgan fingerprint density at radius 2 is 2.10 bits per heavy atom. The number of anilines is 1. The molecule has 0 aliphatic carbocycles. The minimum absolute atomic E-state index is 0.135. The maximum Gasteiger partial charge on any atom is 0.269 e. The van der Waals surface area contributed by atoms with E-state index in [9.17, 15) is 4.79 Å². The van der Waals surface area contributed by atoms with Crippen molar-refractivity contribution in [3.8, 4) is 5.75 Å². The molecular weight excluding hydrogens is 266 g/mol. The van der Waals surface area contributed by atoms with Crippen LogP contribution in [0.2, 0.25) is 0 Å². The molecule has 1 heterocycles. The SMILES string of the molecule is COc1ccc(C)cc1Cn1ncc(NC(C)C)cc1=O. The second-order valence-electron chi connectivity index (χ2n) is 5.35. The zero-order valence-electron chi connectivity index (χ0n) is 12.9. The first-order valence-electron chi connectivity index (χ1n) is 6.97. The molecule has 1 N–H and O–H groups in total. The molecule has 0 radical (unpaired) electrons. The van der Waals surface area contributed by atoms with E-state index in [-0.39, 0.29) is 11.6 Å². The summed E-state index contributed by atoms with van der Waals surface area (Å²) in [5, 5.41) is 7.39. The smallest absolute Gasteiger partial charge is 0.269 e. The summed E-state index contributed by atoms with van der Waals surface area (Å²) >= 11 is 0. The predicted molar refractivity (Wildman–Crippen MR) is 84.1 cm³/mol. The third-order valence-electron chi connectivity index (χ3n) is 3.08. The van der Waals surface area contributed by atoms with Crippen LogP contribution in [0.1, 0.15) is 25.0 Å². The fourth-order valence-electron chi connectivity index (χ4n) is 2.16. The largest absolute Gasteiger partial charge is 0.496 e. The monoisotopic (exact) mass is 287 g/mol. The number of aryl methyl sites for hydroxylation is 1. The number of hydrogen-bond donors (Lipinski definition) is 1. The van der Waals surface area contributed by atoms with E-state index in [0.29, 0.717) is 6.54 Å². The van der Waals surface area contributed by atoms with Crippen molar-refractivity contribution in [3.05, 3.63) is 51.9 Å². The molecule has 0 fully saturated rings. The zero-order chi connectivity index (χ0) is 15.4. The van der Waals surface area contributed by atoms with Crippen molar-refractivity contribution in [1.29, 1.82) is 0 Å². The third kappa shape index (κ3) is 3.84. The molecule has 0 saturated carbocycles. The number of rotatable bonds is 5. The number of nitrogens with one attached hydrogen (secondary N) is 1. The van der Waals surface area contributed by atoms with Crippen LogP contribution >= 0.6 is 0 Å². The number of benzene rings is 1. The Kier molecular flexibility index (Phi) is 4.62. The molecule has 112 valence electrons. The first kappa shape index (κ1) is 15.1. The van der Waals surface area contributed by atoms with Crippen molar-refractivity contribution < 1.29 is 4.74 Å². The molecule has 0 amide bonds. The summed E-state index contributed by atoms with van der Waals surface area (Å²) in [6, 6.07) is 7.72. The summed E-state index contributed by atoms with van der Waals surface area (Å²) in [6.45, 7) is 6.44. The van der Waals surface area contributed by atoms with Gasteiger partial charge in [0.2, 0.25) is 0 Å². The molecule has 21 heavy (non-hydrogen) atoms. The Labute approximate surface area is 124 Å². The van der Waals surface area contributed by atoms with Crippen LogP contribution in [0.5, 0.6) is 5.75 Å². The van der Waals surface area contributed by atoms with E-state index in [1.807, 2.05) is 39.0 Å². The van der Waals surface area contributed by atoms with Crippen molar-refractivity contribution in [2.45, 2.75) is 33.4 Å². The van der Waals surface area contributed by atoms with Gasteiger partial charge in [0.15, 0.2) is 0 Å². The highest BCUT2D eigenvalue weighted by molar-refractivity contribution is 5.40. The minimum Gasteiger partial charge on any atom is -0.496 e. The maximum absolute atomic E-state index is 12.1. The normalized spacial score (nSPS) is 10.7. The van der Waals surface area contributed by atoms with Gasteiger partial charge in [-0.25, -0.2) is 4.68 Å². The van der Waals surface area contributed by atoms with Crippen molar-refractivity contribution >= 4 is 5.69 Å². The van der Waals surface area contributed by atoms with E-state index >= 15 is 0 Å². The number of aromatic nitrogens is 2. The highest BCUT2D eigenvalue weighted by Gasteiger charge is 2.07. The van der Waals surface area contributed by atoms with Crippen molar-refractivity contribution in [2.24, 2.45) is 0 Å². The molecule has 0 spiro atoms. The van der Waals surface area contributed by atoms with Crippen LogP contribution in [0.4, 0.5) is 5.69 Å². The van der Waals surface area contributed by atoms with Crippen molar-refractivity contribution in [1.82, 2.24) is 9.78 Å². The van der Waals surface area contributed by atoms with Gasteiger partial charge in [0.1, 0.15) is 5.75 Å². The molecule has 1 aromatic carbocycles. The Bertz CT molecular complexity index is 677. The molecule has 0 unspecified atom stereocenters. The molecule has 2 aromatic rings. The average molecular weight is 287 g/mol. The average Bonchev–Trinajstić information content (AvgIpc) is 2.41. The van der Waals surface area contributed by atoms with Crippen LogP contribution in [-0.4, -0.2) is 22.9 Å². The Balaban J connectivity index is 2.28. The van der Waals surface area contributed by atoms with Crippen LogP contribution in [0, 0.1) is 6.92 Å². The third-order valence-corrected chi connectivity index (χ3v) is 3.08. The van der Waals surface area contributed by atoms with E-state index in [2.05, 4.69) is 10.4 Å². The first-order chi connectivity index (χ1) is 9.99. The van der Waals surface area contributed by atoms with E-state index in [1.54, 1.807) is 19.4 Å². The van der Waals surface area contributed by atoms with Gasteiger partial charge in [-0.15, -0.1) is 0 Å². The quantitative estimate of drug-likeness (QED) is 0.917. The minimum atomic E-state index is -0.135. The highest BCUT2D eigenvalue weighted by atomic mass is 16.5. The molecule has 5 heteroatoms. The van der Waals surface area contributed by atoms with Crippen molar-refractivity contribution in [3.63, 3.8) is 0 Å². The van der Waals surface area contributed by atoms with E-state index in [4.69, 9.17) is 4.74 Å². The van der Waals surface area contributed by atoms with Gasteiger partial charge < -0.3 is 10.1 Å². The molecule has 0 bridgehead atoms. The van der Waals surface area contributed by atoms with Gasteiger partial charge in [0.05, 0.1) is 25.5 Å². The molecule has 0 aliphatic heterocycles. The summed E-state index contributed by atoms with van der Waals surface area (Å²) < 4.78 is 6.77. The maximum atomic E-state index is 12.1. The van der Waals surface area contributed by atoms with E-state index in [1.165, 1.54) is 4.68 Å². The van der Waals surface area contributed by atoms with E-state index < -0.39 is 0 Å². The van der Waals surface area contributed by atoms with Gasteiger partial charge >= 0.3 is 0 Å². The van der Waals surface area contributed by atoms with Crippen molar-refractivity contribution in [2.75, 3.05) is 12.4 Å². The Morgan fingerprint density at radius 1 is 1.33 bits per heavy atom. The number of ether oxygens (including phenoxy) is 1. The lowest BCUT2D eigenvalue weighted by Crippen LogP contribution is -2.24. The lowest BCUT2D eigenvalue weighted by Gasteiger charge is -2.12. The summed E-state index contributed by atoms with van der Waals surface area (Å²) in [5.41, 5.74) is 2.67. The Morgan fingerprint density at radius 3 is 2.71 bits per heavy atom. The molecular formula is C16H21N3O2. The van der Waals surface area contributed by atoms with Crippen LogP contribution < -0.4 is 15.6 Å². The fraction of sp³-hybridized carbons (Fsp3) is 0.375. The second kappa shape index (κ2) is 6.43. The number of methoxy groups -OCH3 is 1. The zero-order valence-corrected chi connectivity index (χ0v) is 12.9. The number of hydrogen-bond acceptors (Lipinski definition) is 4. The van der Waals surface area contributed by atoms with Gasteiger partial charge in [-0.05, 0) is 26.8 Å². The fourth-order valence-corrected chi connectivity index (χ4v) is 2.16. The molecule has 0 saturated heterocycles. The summed E-state index contributed by atoms with van der Waals surface area (Å²) in [7, 11) is 1.63. The molecule has 0 aliphatic rings. The highest BCUT2D eigenvalue weighted by Crippen LogP contribution is 2.20. The first-order valence-corrected chi connectivity index (χ1v) is 6.97. The predicted octanol–water partition coefficient (Wildman–Crippen LogP) is 2.43. The van der Waals surface area contributed by atoms with Gasteiger partial charge in [-0.2, -0.15) is 5.10 Å². The second-order valence-corrected chi connectivity index (χ2v) is 5.35. The lowest BCUT2D eigenvalue weighted by atomic mass is 10.1. The van der Waals surface area contributed by atoms with Gasteiger partial charge in [-0.3, -0.25) is 4.79 Å². The van der Waals surface area contributed by atoms with Gasteiger partial charge in [0, 0.05) is 17.7 Å². The van der Waals surface area contributed by atoms with Crippen LogP contribution in [0.25, 0.3) is 0 Å². The summed E-state index contributed by atoms with van der Waals surface area (Å²) in [6.07, 6.45) is 1.67. The standard InChI is InChI=1S/C16H21N3O2/c1-11(2)18-14-8-16(20)19(17-9-14)10-13-7-12(3)5-6-15(13)21-4/h5-9,11,18H,10H2,1-4H3. The van der Waals surface area contributed by atoms with Crippen LogP contribution in [0.15, 0.2) is 35.3 Å². The van der Waals surface area contributed by atoms with Gasteiger partial charge in [0.25, 0.3) is 5.56 Å². The van der Waals surface area contributed by atoms with Crippen LogP contribution in [-0.2, 0) is 6.54 Å². The lowest BCUT2D eigenvalue weighted by molar-refractivity contribution is 0.406. The van der Waals surface area contributed by atoms with Gasteiger partial charge in [-0.1, -0.05) is 17.7 Å².